The summed E-state index contributed by atoms with van der Waals surface area (Å²) in [4.78, 5) is 11.3. The number of hydrogen-bond donors (Lipinski definition) is 2. The fourth-order valence-electron chi connectivity index (χ4n) is 0.767. The van der Waals surface area contributed by atoms with E-state index in [1.165, 1.54) is 0 Å². The van der Waals surface area contributed by atoms with Gasteiger partial charge in [-0.15, -0.1) is 0 Å². The van der Waals surface area contributed by atoms with Gasteiger partial charge in [-0.1, -0.05) is 13.8 Å². The Labute approximate surface area is 90.8 Å². The monoisotopic (exact) mass is 239 g/mol. The Balaban J connectivity index is 3.87. The van der Waals surface area contributed by atoms with Crippen molar-refractivity contribution in [1.82, 2.24) is 5.32 Å². The number of carbonyl (C=O) groups excluding carboxylic acids is 1. The van der Waals surface area contributed by atoms with Crippen molar-refractivity contribution in [3.8, 4) is 0 Å². The van der Waals surface area contributed by atoms with Gasteiger partial charge in [0.25, 0.3) is 0 Å². The maximum atomic E-state index is 11.3. The first kappa shape index (κ1) is 13.8. The average molecular weight is 239 g/mol. The van der Waals surface area contributed by atoms with Crippen LogP contribution in [-0.2, 0) is 14.6 Å². The van der Waals surface area contributed by atoms with Crippen LogP contribution in [-0.4, -0.2) is 38.1 Å². The largest absolute Gasteiger partial charge is 0.354 e. The van der Waals surface area contributed by atoms with Crippen LogP contribution >= 0.6 is 12.6 Å². The van der Waals surface area contributed by atoms with E-state index in [9.17, 15) is 13.2 Å². The van der Waals surface area contributed by atoms with E-state index in [0.717, 1.165) is 6.26 Å². The molecule has 0 spiro atoms. The van der Waals surface area contributed by atoms with Crippen molar-refractivity contribution in [2.45, 2.75) is 19.1 Å². The van der Waals surface area contributed by atoms with E-state index in [1.807, 2.05) is 13.8 Å². The first-order chi connectivity index (χ1) is 6.24. The van der Waals surface area contributed by atoms with Crippen molar-refractivity contribution in [3.05, 3.63) is 0 Å². The third-order valence-corrected chi connectivity index (χ3v) is 3.45. The highest BCUT2D eigenvalue weighted by Crippen LogP contribution is 2.08. The molecule has 0 bridgehead atoms. The molecule has 0 heterocycles. The van der Waals surface area contributed by atoms with Crippen LogP contribution in [0.3, 0.4) is 0 Å². The Kier molecular flexibility index (Phi) is 5.51. The number of sulfone groups is 1. The Morgan fingerprint density at radius 2 is 1.93 bits per heavy atom. The molecule has 6 heteroatoms. The molecular formula is C8H17NO3S2. The second kappa shape index (κ2) is 5.60. The molecule has 1 N–H and O–H groups in total. The number of carbonyl (C=O) groups is 1. The summed E-state index contributed by atoms with van der Waals surface area (Å²) in [5.41, 5.74) is 0. The fourth-order valence-corrected chi connectivity index (χ4v) is 1.33. The highest BCUT2D eigenvalue weighted by atomic mass is 32.2. The fraction of sp³-hybridized carbons (Fsp3) is 0.875. The number of thiol groups is 1. The third-order valence-electron chi connectivity index (χ3n) is 1.67. The quantitative estimate of drug-likeness (QED) is 0.669. The summed E-state index contributed by atoms with van der Waals surface area (Å²) in [6.45, 7) is 3.92. The predicted octanol–water partition coefficient (Wildman–Crippen LogP) is 0.102. The molecule has 0 saturated carbocycles. The number of rotatable bonds is 5. The molecule has 4 nitrogen and oxygen atoms in total. The molecule has 0 aliphatic carbocycles. The Morgan fingerprint density at radius 1 is 1.43 bits per heavy atom. The minimum absolute atomic E-state index is 0.0304. The van der Waals surface area contributed by atoms with Crippen LogP contribution in [0.15, 0.2) is 0 Å². The second-order valence-electron chi connectivity index (χ2n) is 3.61. The second-order valence-corrected chi connectivity index (χ2v) is 6.43. The highest BCUT2D eigenvalue weighted by Gasteiger charge is 2.17. The lowest BCUT2D eigenvalue weighted by Crippen LogP contribution is -2.36. The highest BCUT2D eigenvalue weighted by molar-refractivity contribution is 7.90. The first-order valence-electron chi connectivity index (χ1n) is 4.37. The lowest BCUT2D eigenvalue weighted by molar-refractivity contribution is -0.121. The summed E-state index contributed by atoms with van der Waals surface area (Å²) in [5.74, 6) is -0.110. The van der Waals surface area contributed by atoms with E-state index < -0.39 is 9.84 Å². The minimum atomic E-state index is -3.01. The topological polar surface area (TPSA) is 63.2 Å². The van der Waals surface area contributed by atoms with Crippen LogP contribution in [0.25, 0.3) is 0 Å². The average Bonchev–Trinajstić information content (AvgIpc) is 2.00. The SMILES string of the molecule is CC(C)C(S)C(=O)NCCS(C)(=O)=O. The van der Waals surface area contributed by atoms with Gasteiger partial charge in [0.1, 0.15) is 9.84 Å². The van der Waals surface area contributed by atoms with Gasteiger partial charge in [-0.3, -0.25) is 4.79 Å². The maximum Gasteiger partial charge on any atom is 0.233 e. The molecule has 0 radical (unpaired) electrons. The maximum absolute atomic E-state index is 11.3. The molecule has 0 saturated heterocycles. The summed E-state index contributed by atoms with van der Waals surface area (Å²) in [6.07, 6.45) is 1.14. The van der Waals surface area contributed by atoms with Gasteiger partial charge in [0.2, 0.25) is 5.91 Å². The van der Waals surface area contributed by atoms with Crippen LogP contribution in [0.1, 0.15) is 13.8 Å². The van der Waals surface area contributed by atoms with Crippen LogP contribution < -0.4 is 5.32 Å². The van der Waals surface area contributed by atoms with E-state index in [0.29, 0.717) is 0 Å². The van der Waals surface area contributed by atoms with Crippen molar-refractivity contribution in [3.63, 3.8) is 0 Å². The first-order valence-corrected chi connectivity index (χ1v) is 6.95. The number of amides is 1. The zero-order valence-electron chi connectivity index (χ0n) is 8.65. The van der Waals surface area contributed by atoms with Gasteiger partial charge in [0.15, 0.2) is 0 Å². The molecule has 0 aromatic heterocycles. The van der Waals surface area contributed by atoms with E-state index in [-0.39, 0.29) is 29.4 Å². The minimum Gasteiger partial charge on any atom is -0.354 e. The van der Waals surface area contributed by atoms with Gasteiger partial charge in [0, 0.05) is 12.8 Å². The molecule has 0 aliphatic rings. The molecule has 1 unspecified atom stereocenters. The van der Waals surface area contributed by atoms with Crippen molar-refractivity contribution >= 4 is 28.4 Å². The van der Waals surface area contributed by atoms with Crippen LogP contribution in [0, 0.1) is 5.92 Å². The lowest BCUT2D eigenvalue weighted by Gasteiger charge is -2.13. The Bertz CT molecular complexity index is 285. The Hall–Kier alpha value is -0.230. The van der Waals surface area contributed by atoms with Gasteiger partial charge in [-0.25, -0.2) is 8.42 Å². The number of nitrogens with one attached hydrogen (secondary N) is 1. The van der Waals surface area contributed by atoms with Gasteiger partial charge in [0.05, 0.1) is 11.0 Å². The van der Waals surface area contributed by atoms with E-state index >= 15 is 0 Å². The summed E-state index contributed by atoms with van der Waals surface area (Å²) in [5, 5.41) is 2.15. The molecule has 14 heavy (non-hydrogen) atoms. The molecule has 0 aromatic carbocycles. The van der Waals surface area contributed by atoms with Crippen molar-refractivity contribution in [1.29, 1.82) is 0 Å². The van der Waals surface area contributed by atoms with Gasteiger partial charge in [-0.2, -0.15) is 12.6 Å². The van der Waals surface area contributed by atoms with E-state index in [1.54, 1.807) is 0 Å². The normalized spacial score (nSPS) is 14.1. The summed E-state index contributed by atoms with van der Waals surface area (Å²) >= 11 is 4.10. The molecule has 0 fully saturated rings. The lowest BCUT2D eigenvalue weighted by atomic mass is 10.1. The zero-order chi connectivity index (χ0) is 11.4. The van der Waals surface area contributed by atoms with Gasteiger partial charge >= 0.3 is 0 Å². The summed E-state index contributed by atoms with van der Waals surface area (Å²) in [7, 11) is -3.01. The van der Waals surface area contributed by atoms with Crippen LogP contribution in [0.2, 0.25) is 0 Å². The molecule has 0 aromatic rings. The van der Waals surface area contributed by atoms with Gasteiger partial charge in [-0.05, 0) is 5.92 Å². The van der Waals surface area contributed by atoms with Crippen molar-refractivity contribution in [2.75, 3.05) is 18.6 Å². The zero-order valence-corrected chi connectivity index (χ0v) is 10.4. The molecule has 84 valence electrons. The van der Waals surface area contributed by atoms with Crippen molar-refractivity contribution in [2.24, 2.45) is 5.92 Å². The summed E-state index contributed by atoms with van der Waals surface area (Å²) < 4.78 is 21.5. The third kappa shape index (κ3) is 6.26. The Morgan fingerprint density at radius 3 is 2.29 bits per heavy atom. The number of hydrogen-bond acceptors (Lipinski definition) is 4. The molecule has 0 aliphatic heterocycles. The molecule has 0 rings (SSSR count). The molecular weight excluding hydrogens is 222 g/mol. The summed E-state index contributed by atoms with van der Waals surface area (Å²) in [6, 6.07) is 0. The van der Waals surface area contributed by atoms with Crippen molar-refractivity contribution < 1.29 is 13.2 Å². The van der Waals surface area contributed by atoms with E-state index in [2.05, 4.69) is 17.9 Å². The smallest absolute Gasteiger partial charge is 0.233 e. The van der Waals surface area contributed by atoms with Crippen LogP contribution in [0.4, 0.5) is 0 Å². The molecule has 1 atom stereocenters. The van der Waals surface area contributed by atoms with Crippen LogP contribution in [0.5, 0.6) is 0 Å². The predicted molar refractivity (Wildman–Crippen MR) is 60.3 cm³/mol. The van der Waals surface area contributed by atoms with E-state index in [4.69, 9.17) is 0 Å². The standard InChI is InChI=1S/C8H17NO3S2/c1-6(2)7(13)8(10)9-4-5-14(3,11)12/h6-7,13H,4-5H2,1-3H3,(H,9,10). The molecule has 1 amide bonds. The van der Waals surface area contributed by atoms with Gasteiger partial charge < -0.3 is 5.32 Å².